The van der Waals surface area contributed by atoms with Crippen LogP contribution in [0.5, 0.6) is 0 Å². The lowest BCUT2D eigenvalue weighted by atomic mass is 9.97. The summed E-state index contributed by atoms with van der Waals surface area (Å²) in [5.41, 5.74) is 14.9. The monoisotopic (exact) mass is 676 g/mol. The van der Waals surface area contributed by atoms with Crippen LogP contribution in [0.4, 0.5) is 5.82 Å². The van der Waals surface area contributed by atoms with Crippen LogP contribution in [0.15, 0.2) is 36.9 Å². The van der Waals surface area contributed by atoms with Crippen molar-refractivity contribution in [3.63, 3.8) is 0 Å². The number of anilines is 1. The van der Waals surface area contributed by atoms with Gasteiger partial charge in [0.25, 0.3) is 0 Å². The molecular formula is C32H49N6O8P. The van der Waals surface area contributed by atoms with Gasteiger partial charge in [-0.15, -0.1) is 0 Å². The van der Waals surface area contributed by atoms with E-state index in [-0.39, 0.29) is 63.5 Å². The minimum atomic E-state index is -3.79. The molecular weight excluding hydrogens is 627 g/mol. The van der Waals surface area contributed by atoms with Crippen LogP contribution in [-0.2, 0) is 50.4 Å². The van der Waals surface area contributed by atoms with Gasteiger partial charge in [-0.25, -0.2) is 15.0 Å². The number of esters is 2. The third-order valence-electron chi connectivity index (χ3n) is 7.60. The van der Waals surface area contributed by atoms with Gasteiger partial charge in [0.05, 0.1) is 38.7 Å². The second-order valence-corrected chi connectivity index (χ2v) is 13.8. The summed E-state index contributed by atoms with van der Waals surface area (Å²) in [5, 5.41) is 0. The number of aromatic nitrogens is 4. The van der Waals surface area contributed by atoms with Gasteiger partial charge in [-0.05, 0) is 36.3 Å². The number of nitrogen functional groups attached to an aromatic ring is 1. The summed E-state index contributed by atoms with van der Waals surface area (Å²) in [6.07, 6.45) is 4.53. The Bertz CT molecular complexity index is 1470. The molecule has 2 unspecified atom stereocenters. The maximum absolute atomic E-state index is 13.6. The number of carbonyl (C=O) groups is 2. The van der Waals surface area contributed by atoms with Crippen molar-refractivity contribution in [2.24, 2.45) is 17.6 Å². The van der Waals surface area contributed by atoms with Gasteiger partial charge >= 0.3 is 19.5 Å². The molecule has 2 aromatic heterocycles. The Kier molecular flexibility index (Phi) is 15.2. The van der Waals surface area contributed by atoms with Gasteiger partial charge in [0, 0.05) is 13.0 Å². The van der Waals surface area contributed by atoms with Crippen LogP contribution >= 0.6 is 7.60 Å². The summed E-state index contributed by atoms with van der Waals surface area (Å²) in [6, 6.07) is 7.22. The highest BCUT2D eigenvalue weighted by molar-refractivity contribution is 7.53. The van der Waals surface area contributed by atoms with Crippen molar-refractivity contribution in [3.8, 4) is 0 Å². The molecule has 0 aliphatic carbocycles. The van der Waals surface area contributed by atoms with Gasteiger partial charge in [-0.3, -0.25) is 14.2 Å². The Morgan fingerprint density at radius 1 is 0.915 bits per heavy atom. The molecule has 0 amide bonds. The SMILES string of the molecule is CC[C@H](C)[C@H](N)C(=O)OCCOP(=O)(COCCn1cnc2c(N)ncnc21)OCCCOC(=O)C(C)c1ccc(CC(C)C)cc1. The number of benzene rings is 1. The van der Waals surface area contributed by atoms with Gasteiger partial charge in [0.15, 0.2) is 11.5 Å². The van der Waals surface area contributed by atoms with E-state index in [4.69, 9.17) is 34.7 Å². The van der Waals surface area contributed by atoms with Crippen LogP contribution < -0.4 is 11.5 Å². The Labute approximate surface area is 276 Å². The second-order valence-electron chi connectivity index (χ2n) is 11.8. The molecule has 0 bridgehead atoms. The average Bonchev–Trinajstić information content (AvgIpc) is 3.48. The van der Waals surface area contributed by atoms with Gasteiger partial charge in [-0.2, -0.15) is 0 Å². The van der Waals surface area contributed by atoms with E-state index in [1.165, 1.54) is 11.9 Å². The summed E-state index contributed by atoms with van der Waals surface area (Å²) in [5.74, 6) is -0.585. The molecule has 0 saturated heterocycles. The fraction of sp³-hybridized carbons (Fsp3) is 0.594. The van der Waals surface area contributed by atoms with Crippen molar-refractivity contribution in [2.75, 3.05) is 45.1 Å². The molecule has 1 aromatic carbocycles. The Morgan fingerprint density at radius 2 is 1.62 bits per heavy atom. The highest BCUT2D eigenvalue weighted by atomic mass is 31.2. The topological polar surface area (TPSA) is 193 Å². The van der Waals surface area contributed by atoms with Crippen LogP contribution in [-0.4, -0.2) is 76.9 Å². The average molecular weight is 677 g/mol. The predicted molar refractivity (Wildman–Crippen MR) is 177 cm³/mol. The molecule has 260 valence electrons. The van der Waals surface area contributed by atoms with E-state index in [9.17, 15) is 14.2 Å². The van der Waals surface area contributed by atoms with Crippen LogP contribution in [0.2, 0.25) is 0 Å². The maximum Gasteiger partial charge on any atom is 0.356 e. The summed E-state index contributed by atoms with van der Waals surface area (Å²) in [7, 11) is -3.79. The third-order valence-corrected chi connectivity index (χ3v) is 9.25. The first-order valence-corrected chi connectivity index (χ1v) is 17.7. The molecule has 0 saturated carbocycles. The van der Waals surface area contributed by atoms with Crippen molar-refractivity contribution in [1.82, 2.24) is 19.5 Å². The molecule has 0 spiro atoms. The quantitative estimate of drug-likeness (QED) is 0.0913. The number of nitrogens with zero attached hydrogens (tertiary/aromatic N) is 4. The molecule has 3 rings (SSSR count). The zero-order valence-electron chi connectivity index (χ0n) is 28.0. The van der Waals surface area contributed by atoms with E-state index < -0.39 is 25.5 Å². The van der Waals surface area contributed by atoms with Crippen LogP contribution in [0.3, 0.4) is 0 Å². The number of nitrogens with two attached hydrogens (primary N) is 2. The van der Waals surface area contributed by atoms with Crippen LogP contribution in [0, 0.1) is 11.8 Å². The van der Waals surface area contributed by atoms with E-state index in [0.29, 0.717) is 23.6 Å². The Morgan fingerprint density at radius 3 is 2.32 bits per heavy atom. The van der Waals surface area contributed by atoms with Crippen LogP contribution in [0.25, 0.3) is 11.2 Å². The first-order chi connectivity index (χ1) is 22.4. The predicted octanol–water partition coefficient (Wildman–Crippen LogP) is 4.46. The molecule has 14 nitrogen and oxygen atoms in total. The van der Waals surface area contributed by atoms with E-state index in [1.807, 2.05) is 38.1 Å². The summed E-state index contributed by atoms with van der Waals surface area (Å²) >= 11 is 0. The molecule has 0 aliphatic heterocycles. The molecule has 2 heterocycles. The number of ether oxygens (including phenoxy) is 3. The molecule has 4 atom stereocenters. The van der Waals surface area contributed by atoms with E-state index >= 15 is 0 Å². The first kappa shape index (κ1) is 38.0. The largest absolute Gasteiger partial charge is 0.465 e. The Hall–Kier alpha value is -3.42. The lowest BCUT2D eigenvalue weighted by molar-refractivity contribution is -0.147. The molecule has 0 aliphatic rings. The Balaban J connectivity index is 1.48. The van der Waals surface area contributed by atoms with E-state index in [0.717, 1.165) is 18.4 Å². The number of hydrogen-bond donors (Lipinski definition) is 2. The number of rotatable bonds is 21. The summed E-state index contributed by atoms with van der Waals surface area (Å²) < 4.78 is 42.8. The minimum absolute atomic E-state index is 0.0206. The summed E-state index contributed by atoms with van der Waals surface area (Å²) in [4.78, 5) is 37.2. The van der Waals surface area contributed by atoms with Gasteiger partial charge < -0.3 is 39.3 Å². The highest BCUT2D eigenvalue weighted by Gasteiger charge is 2.27. The number of carbonyl (C=O) groups excluding carboxylic acids is 2. The number of imidazole rings is 1. The molecule has 4 N–H and O–H groups in total. The first-order valence-electron chi connectivity index (χ1n) is 16.0. The zero-order chi connectivity index (χ0) is 34.4. The lowest BCUT2D eigenvalue weighted by Gasteiger charge is -2.20. The summed E-state index contributed by atoms with van der Waals surface area (Å²) in [6.45, 7) is 10.1. The number of fused-ring (bicyclic) bond motifs is 1. The fourth-order valence-electron chi connectivity index (χ4n) is 4.52. The standard InChI is InChI=1S/C32H49N6O8P/c1-6-23(4)27(33)32(40)44-16-17-46-47(41,21-42-15-12-38-20-37-28-29(34)35-19-36-30(28)38)45-14-7-13-43-31(39)24(5)26-10-8-25(9-11-26)18-22(2)3/h8-11,19-20,22-24,27H,6-7,12-18,21,33H2,1-5H3,(H2,34,35,36)/t23-,24?,27-,47?/m0/s1. The molecule has 3 aromatic rings. The highest BCUT2D eigenvalue weighted by Crippen LogP contribution is 2.48. The normalized spacial score (nSPS) is 14.9. The number of hydrogen-bond acceptors (Lipinski definition) is 13. The second kappa shape index (κ2) is 18.8. The molecule has 15 heteroatoms. The van der Waals surface area contributed by atoms with Crippen molar-refractivity contribution in [1.29, 1.82) is 0 Å². The maximum atomic E-state index is 13.6. The lowest BCUT2D eigenvalue weighted by Crippen LogP contribution is -2.38. The van der Waals surface area contributed by atoms with Gasteiger partial charge in [0.2, 0.25) is 0 Å². The molecule has 47 heavy (non-hydrogen) atoms. The van der Waals surface area contributed by atoms with Crippen molar-refractivity contribution in [3.05, 3.63) is 48.0 Å². The smallest absolute Gasteiger partial charge is 0.356 e. The van der Waals surface area contributed by atoms with Crippen LogP contribution in [0.1, 0.15) is 64.5 Å². The van der Waals surface area contributed by atoms with E-state index in [1.54, 1.807) is 17.8 Å². The van der Waals surface area contributed by atoms with E-state index in [2.05, 4.69) is 28.8 Å². The van der Waals surface area contributed by atoms with Crippen molar-refractivity contribution in [2.45, 2.75) is 72.4 Å². The zero-order valence-corrected chi connectivity index (χ0v) is 28.9. The fourth-order valence-corrected chi connectivity index (χ4v) is 5.86. The van der Waals surface area contributed by atoms with Gasteiger partial charge in [0.1, 0.15) is 30.8 Å². The minimum Gasteiger partial charge on any atom is -0.465 e. The van der Waals surface area contributed by atoms with Crippen molar-refractivity contribution < 1.29 is 37.4 Å². The van der Waals surface area contributed by atoms with Gasteiger partial charge in [-0.1, -0.05) is 58.4 Å². The molecule has 0 radical (unpaired) electrons. The molecule has 0 fully saturated rings. The van der Waals surface area contributed by atoms with Crippen molar-refractivity contribution >= 4 is 36.5 Å². The third kappa shape index (κ3) is 12.0.